The summed E-state index contributed by atoms with van der Waals surface area (Å²) in [6.07, 6.45) is 3.97. The number of carbonyl (C=O) groups excluding carboxylic acids is 1. The summed E-state index contributed by atoms with van der Waals surface area (Å²) in [5.74, 6) is -0.433. The van der Waals surface area contributed by atoms with E-state index in [-0.39, 0.29) is 17.3 Å². The predicted molar refractivity (Wildman–Crippen MR) is 73.4 cm³/mol. The fourth-order valence-corrected chi connectivity index (χ4v) is 2.69. The molecule has 0 atom stereocenters. The van der Waals surface area contributed by atoms with Crippen molar-refractivity contribution < 1.29 is 9.18 Å². The van der Waals surface area contributed by atoms with Crippen LogP contribution in [0.2, 0.25) is 0 Å². The lowest BCUT2D eigenvalue weighted by molar-refractivity contribution is 0.152. The molecule has 2 amide bonds. The molecule has 1 aromatic rings. The molecule has 0 saturated heterocycles. The molecule has 1 fully saturated rings. The number of nitrogens with zero attached hydrogens (tertiary/aromatic N) is 1. The summed E-state index contributed by atoms with van der Waals surface area (Å²) >= 11 is 0. The Bertz CT molecular complexity index is 458. The van der Waals surface area contributed by atoms with Gasteiger partial charge in [0.05, 0.1) is 11.2 Å². The van der Waals surface area contributed by atoms with E-state index < -0.39 is 5.82 Å². The van der Waals surface area contributed by atoms with Gasteiger partial charge in [-0.15, -0.1) is 0 Å². The lowest BCUT2D eigenvalue weighted by atomic mass is 9.96. The zero-order valence-electron chi connectivity index (χ0n) is 11.2. The number of para-hydroxylation sites is 1. The van der Waals surface area contributed by atoms with Gasteiger partial charge in [-0.2, -0.15) is 0 Å². The van der Waals surface area contributed by atoms with Gasteiger partial charge in [-0.25, -0.2) is 9.18 Å². The summed E-state index contributed by atoms with van der Waals surface area (Å²) in [7, 11) is 1.73. The van der Waals surface area contributed by atoms with Gasteiger partial charge in [0.15, 0.2) is 0 Å². The number of hydrogen-bond donors (Lipinski definition) is 2. The molecule has 3 N–H and O–H groups in total. The van der Waals surface area contributed by atoms with Crippen LogP contribution in [-0.4, -0.2) is 30.1 Å². The Balaban J connectivity index is 2.09. The van der Waals surface area contributed by atoms with E-state index in [1.165, 1.54) is 6.07 Å². The van der Waals surface area contributed by atoms with Crippen LogP contribution in [-0.2, 0) is 0 Å². The zero-order chi connectivity index (χ0) is 13.9. The minimum absolute atomic E-state index is 0.199. The van der Waals surface area contributed by atoms with Crippen molar-refractivity contribution in [3.63, 3.8) is 0 Å². The minimum atomic E-state index is -0.433. The van der Waals surface area contributed by atoms with Crippen molar-refractivity contribution in [1.29, 1.82) is 0 Å². The molecule has 19 heavy (non-hydrogen) atoms. The van der Waals surface area contributed by atoms with Gasteiger partial charge in [0.25, 0.3) is 0 Å². The van der Waals surface area contributed by atoms with Gasteiger partial charge in [-0.05, 0) is 25.0 Å². The third-order valence-corrected chi connectivity index (χ3v) is 4.05. The highest BCUT2D eigenvalue weighted by molar-refractivity contribution is 5.89. The van der Waals surface area contributed by atoms with Crippen molar-refractivity contribution >= 4 is 11.7 Å². The number of benzene rings is 1. The molecule has 1 aliphatic rings. The summed E-state index contributed by atoms with van der Waals surface area (Å²) in [5, 5.41) is 2.60. The van der Waals surface area contributed by atoms with Crippen molar-refractivity contribution in [2.75, 3.05) is 18.9 Å². The molecule has 0 bridgehead atoms. The van der Waals surface area contributed by atoms with Gasteiger partial charge in [-0.3, -0.25) is 0 Å². The Kier molecular flexibility index (Phi) is 4.04. The van der Waals surface area contributed by atoms with E-state index in [2.05, 4.69) is 5.32 Å². The minimum Gasteiger partial charge on any atom is -0.328 e. The van der Waals surface area contributed by atoms with E-state index >= 15 is 0 Å². The molecule has 0 heterocycles. The highest BCUT2D eigenvalue weighted by atomic mass is 19.1. The van der Waals surface area contributed by atoms with Crippen molar-refractivity contribution in [2.24, 2.45) is 5.73 Å². The van der Waals surface area contributed by atoms with Gasteiger partial charge >= 0.3 is 6.03 Å². The van der Waals surface area contributed by atoms with Gasteiger partial charge in [-0.1, -0.05) is 25.0 Å². The Hall–Kier alpha value is -1.62. The lowest BCUT2D eigenvalue weighted by Gasteiger charge is -2.37. The van der Waals surface area contributed by atoms with Crippen molar-refractivity contribution in [1.82, 2.24) is 4.90 Å². The number of nitrogens with two attached hydrogens (primary N) is 1. The van der Waals surface area contributed by atoms with Crippen LogP contribution < -0.4 is 11.1 Å². The average molecular weight is 265 g/mol. The van der Waals surface area contributed by atoms with Crippen LogP contribution in [0.4, 0.5) is 14.9 Å². The molecule has 2 rings (SSSR count). The number of amides is 2. The highest BCUT2D eigenvalue weighted by Gasteiger charge is 2.39. The topological polar surface area (TPSA) is 58.4 Å². The third kappa shape index (κ3) is 2.71. The van der Waals surface area contributed by atoms with E-state index in [1.807, 2.05) is 0 Å². The second kappa shape index (κ2) is 5.57. The first-order valence-electron chi connectivity index (χ1n) is 6.58. The molecule has 4 nitrogen and oxygen atoms in total. The maximum atomic E-state index is 13.5. The Labute approximate surface area is 112 Å². The monoisotopic (exact) mass is 265 g/mol. The largest absolute Gasteiger partial charge is 0.328 e. The van der Waals surface area contributed by atoms with Gasteiger partial charge < -0.3 is 16.0 Å². The van der Waals surface area contributed by atoms with Gasteiger partial charge in [0.2, 0.25) is 0 Å². The lowest BCUT2D eigenvalue weighted by Crippen LogP contribution is -2.54. The van der Waals surface area contributed by atoms with Crippen LogP contribution in [0, 0.1) is 5.82 Å². The normalized spacial score (nSPS) is 17.2. The number of carbonyl (C=O) groups is 1. The molecular formula is C14H20FN3O. The molecular weight excluding hydrogens is 245 g/mol. The molecule has 0 unspecified atom stereocenters. The fraction of sp³-hybridized carbons (Fsp3) is 0.500. The predicted octanol–water partition coefficient (Wildman–Crippen LogP) is 2.56. The molecule has 1 aliphatic carbocycles. The summed E-state index contributed by atoms with van der Waals surface area (Å²) in [4.78, 5) is 13.8. The van der Waals surface area contributed by atoms with Gasteiger partial charge in [0.1, 0.15) is 5.82 Å². The second-order valence-electron chi connectivity index (χ2n) is 5.10. The van der Waals surface area contributed by atoms with Crippen LogP contribution >= 0.6 is 0 Å². The standard InChI is InChI=1S/C14H20FN3O/c1-18(14(10-16)8-4-5-9-14)13(19)17-12-7-3-2-6-11(12)15/h2-3,6-7H,4-5,8-10,16H2,1H3,(H,17,19). The summed E-state index contributed by atoms with van der Waals surface area (Å²) < 4.78 is 13.5. The fourth-order valence-electron chi connectivity index (χ4n) is 2.69. The Morgan fingerprint density at radius 1 is 1.42 bits per heavy atom. The van der Waals surface area contributed by atoms with Crippen molar-refractivity contribution in [2.45, 2.75) is 31.2 Å². The van der Waals surface area contributed by atoms with E-state index in [0.717, 1.165) is 25.7 Å². The van der Waals surface area contributed by atoms with Crippen LogP contribution in [0.5, 0.6) is 0 Å². The molecule has 0 radical (unpaired) electrons. The summed E-state index contributed by atoms with van der Waals surface area (Å²) in [6.45, 7) is 0.439. The van der Waals surface area contributed by atoms with E-state index in [9.17, 15) is 9.18 Å². The average Bonchev–Trinajstić information content (AvgIpc) is 2.90. The van der Waals surface area contributed by atoms with Crippen LogP contribution in [0.3, 0.4) is 0 Å². The van der Waals surface area contributed by atoms with Gasteiger partial charge in [0, 0.05) is 13.6 Å². The SMILES string of the molecule is CN(C(=O)Nc1ccccc1F)C1(CN)CCCC1. The van der Waals surface area contributed by atoms with Crippen LogP contribution in [0.1, 0.15) is 25.7 Å². The maximum Gasteiger partial charge on any atom is 0.322 e. The number of rotatable bonds is 3. The highest BCUT2D eigenvalue weighted by Crippen LogP contribution is 2.34. The number of likely N-dealkylation sites (N-methyl/N-ethyl adjacent to an activating group) is 1. The van der Waals surface area contributed by atoms with Crippen molar-refractivity contribution in [3.8, 4) is 0 Å². The first-order chi connectivity index (χ1) is 9.09. The number of urea groups is 1. The zero-order valence-corrected chi connectivity index (χ0v) is 11.2. The molecule has 104 valence electrons. The molecule has 5 heteroatoms. The molecule has 1 aromatic carbocycles. The molecule has 0 spiro atoms. The van der Waals surface area contributed by atoms with E-state index in [1.54, 1.807) is 30.1 Å². The first-order valence-corrected chi connectivity index (χ1v) is 6.58. The Morgan fingerprint density at radius 2 is 2.05 bits per heavy atom. The number of hydrogen-bond acceptors (Lipinski definition) is 2. The molecule has 0 aliphatic heterocycles. The van der Waals surface area contributed by atoms with E-state index in [4.69, 9.17) is 5.73 Å². The first kappa shape index (κ1) is 13.8. The van der Waals surface area contributed by atoms with Crippen LogP contribution in [0.15, 0.2) is 24.3 Å². The number of anilines is 1. The smallest absolute Gasteiger partial charge is 0.322 e. The third-order valence-electron chi connectivity index (χ3n) is 4.05. The Morgan fingerprint density at radius 3 is 2.63 bits per heavy atom. The van der Waals surface area contributed by atoms with Crippen molar-refractivity contribution in [3.05, 3.63) is 30.1 Å². The van der Waals surface area contributed by atoms with Crippen LogP contribution in [0.25, 0.3) is 0 Å². The number of halogens is 1. The second-order valence-corrected chi connectivity index (χ2v) is 5.10. The molecule has 1 saturated carbocycles. The quantitative estimate of drug-likeness (QED) is 0.882. The van der Waals surface area contributed by atoms with E-state index in [0.29, 0.717) is 6.54 Å². The summed E-state index contributed by atoms with van der Waals surface area (Å²) in [5.41, 5.74) is 5.75. The summed E-state index contributed by atoms with van der Waals surface area (Å²) in [6, 6.07) is 5.84. The number of nitrogens with one attached hydrogen (secondary N) is 1. The molecule has 0 aromatic heterocycles. The maximum absolute atomic E-state index is 13.5.